The minimum absolute atomic E-state index is 0.121. The largest absolute Gasteiger partial charge is 0.378 e. The maximum Gasteiger partial charge on any atom is 0.255 e. The lowest BCUT2D eigenvalue weighted by molar-refractivity contribution is 0.102. The van der Waals surface area contributed by atoms with Crippen LogP contribution in [0.15, 0.2) is 53.5 Å². The number of amides is 1. The average Bonchev–Trinajstić information content (AvgIpc) is 2.63. The van der Waals surface area contributed by atoms with Gasteiger partial charge >= 0.3 is 0 Å². The highest BCUT2D eigenvalue weighted by atomic mass is 16.1. The van der Waals surface area contributed by atoms with Crippen molar-refractivity contribution in [2.75, 3.05) is 37.4 Å². The maximum absolute atomic E-state index is 12.5. The summed E-state index contributed by atoms with van der Waals surface area (Å²) in [5.74, 6) is 0.726. The molecule has 3 rings (SSSR count). The summed E-state index contributed by atoms with van der Waals surface area (Å²) in [6.07, 6.45) is 1.04. The van der Waals surface area contributed by atoms with Crippen molar-refractivity contribution in [1.29, 1.82) is 0 Å². The van der Waals surface area contributed by atoms with Gasteiger partial charge in [-0.05, 0) is 42.8 Å². The normalized spacial score (nSPS) is 13.7. The first-order valence-electron chi connectivity index (χ1n) is 8.11. The van der Waals surface area contributed by atoms with Gasteiger partial charge < -0.3 is 15.5 Å². The Morgan fingerprint density at radius 3 is 2.54 bits per heavy atom. The van der Waals surface area contributed by atoms with Crippen molar-refractivity contribution in [3.05, 3.63) is 59.7 Å². The van der Waals surface area contributed by atoms with Crippen LogP contribution in [0.5, 0.6) is 0 Å². The van der Waals surface area contributed by atoms with Gasteiger partial charge in [-0.15, -0.1) is 0 Å². The van der Waals surface area contributed by atoms with Gasteiger partial charge in [0.1, 0.15) is 5.84 Å². The lowest BCUT2D eigenvalue weighted by Gasteiger charge is -2.18. The summed E-state index contributed by atoms with van der Waals surface area (Å²) < 4.78 is 0. The van der Waals surface area contributed by atoms with Gasteiger partial charge in [-0.2, -0.15) is 0 Å². The maximum atomic E-state index is 12.5. The molecule has 2 aromatic carbocycles. The Kier molecular flexibility index (Phi) is 4.79. The highest BCUT2D eigenvalue weighted by Crippen LogP contribution is 2.19. The molecule has 5 nitrogen and oxygen atoms in total. The summed E-state index contributed by atoms with van der Waals surface area (Å²) in [5, 5.41) is 6.30. The Labute approximate surface area is 142 Å². The quantitative estimate of drug-likeness (QED) is 0.910. The van der Waals surface area contributed by atoms with Crippen molar-refractivity contribution < 1.29 is 4.79 Å². The zero-order chi connectivity index (χ0) is 16.9. The summed E-state index contributed by atoms with van der Waals surface area (Å²) in [4.78, 5) is 19.1. The van der Waals surface area contributed by atoms with Crippen LogP contribution in [0.2, 0.25) is 0 Å². The van der Waals surface area contributed by atoms with Crippen LogP contribution in [-0.4, -0.2) is 38.9 Å². The first-order chi connectivity index (χ1) is 11.6. The van der Waals surface area contributed by atoms with Crippen LogP contribution in [0.4, 0.5) is 11.4 Å². The van der Waals surface area contributed by atoms with E-state index in [1.54, 1.807) is 0 Å². The Hall–Kier alpha value is -2.82. The van der Waals surface area contributed by atoms with Gasteiger partial charge in [-0.3, -0.25) is 9.79 Å². The van der Waals surface area contributed by atoms with Gasteiger partial charge in [-0.25, -0.2) is 0 Å². The summed E-state index contributed by atoms with van der Waals surface area (Å²) in [5.41, 5.74) is 3.39. The molecule has 0 fully saturated rings. The Morgan fingerprint density at radius 2 is 1.88 bits per heavy atom. The van der Waals surface area contributed by atoms with Crippen molar-refractivity contribution in [1.82, 2.24) is 5.32 Å². The van der Waals surface area contributed by atoms with Gasteiger partial charge in [0.2, 0.25) is 0 Å². The average molecular weight is 322 g/mol. The third-order valence-corrected chi connectivity index (χ3v) is 3.97. The summed E-state index contributed by atoms with van der Waals surface area (Å²) in [6, 6.07) is 15.3. The van der Waals surface area contributed by atoms with E-state index in [0.717, 1.165) is 42.3 Å². The van der Waals surface area contributed by atoms with Crippen molar-refractivity contribution in [2.45, 2.75) is 6.42 Å². The molecule has 0 saturated heterocycles. The Bertz CT molecular complexity index is 750. The van der Waals surface area contributed by atoms with Crippen LogP contribution < -0.4 is 15.5 Å². The molecule has 1 aliphatic heterocycles. The number of nitrogens with one attached hydrogen (secondary N) is 2. The summed E-state index contributed by atoms with van der Waals surface area (Å²) in [7, 11) is 3.95. The fraction of sp³-hybridized carbons (Fsp3) is 0.263. The molecule has 0 radical (unpaired) electrons. The van der Waals surface area contributed by atoms with Crippen LogP contribution in [0.3, 0.4) is 0 Å². The highest BCUT2D eigenvalue weighted by molar-refractivity contribution is 6.10. The van der Waals surface area contributed by atoms with Gasteiger partial charge in [0, 0.05) is 44.0 Å². The number of aliphatic imine (C=N–C) groups is 1. The number of benzene rings is 2. The topological polar surface area (TPSA) is 56.7 Å². The molecule has 2 aromatic rings. The second kappa shape index (κ2) is 7.17. The van der Waals surface area contributed by atoms with E-state index in [1.165, 1.54) is 0 Å². The lowest BCUT2D eigenvalue weighted by Crippen LogP contribution is -2.31. The minimum Gasteiger partial charge on any atom is -0.378 e. The molecule has 0 atom stereocenters. The molecule has 124 valence electrons. The fourth-order valence-electron chi connectivity index (χ4n) is 2.62. The summed E-state index contributed by atoms with van der Waals surface area (Å²) in [6.45, 7) is 1.73. The number of para-hydroxylation sites is 1. The van der Waals surface area contributed by atoms with Gasteiger partial charge in [0.05, 0.1) is 5.69 Å². The number of nitrogens with zero attached hydrogens (tertiary/aromatic N) is 2. The Balaban J connectivity index is 1.80. The van der Waals surface area contributed by atoms with Crippen LogP contribution in [0.1, 0.15) is 22.3 Å². The SMILES string of the molecule is CN(C)c1ccc(C(=O)Nc2ccccc2C2=NCCCN2)cc1. The van der Waals surface area contributed by atoms with E-state index >= 15 is 0 Å². The van der Waals surface area contributed by atoms with E-state index in [9.17, 15) is 4.79 Å². The first-order valence-corrected chi connectivity index (χ1v) is 8.11. The fourth-order valence-corrected chi connectivity index (χ4v) is 2.62. The summed E-state index contributed by atoms with van der Waals surface area (Å²) >= 11 is 0. The molecule has 1 heterocycles. The molecule has 1 amide bonds. The number of hydrogen-bond donors (Lipinski definition) is 2. The molecule has 0 unspecified atom stereocenters. The van der Waals surface area contributed by atoms with E-state index in [1.807, 2.05) is 67.5 Å². The second-order valence-corrected chi connectivity index (χ2v) is 5.95. The Morgan fingerprint density at radius 1 is 1.12 bits per heavy atom. The van der Waals surface area contributed by atoms with Crippen LogP contribution >= 0.6 is 0 Å². The molecule has 2 N–H and O–H groups in total. The van der Waals surface area contributed by atoms with Gasteiger partial charge in [0.15, 0.2) is 0 Å². The predicted octanol–water partition coefficient (Wildman–Crippen LogP) is 2.74. The number of hydrogen-bond acceptors (Lipinski definition) is 4. The number of rotatable bonds is 4. The number of amidine groups is 1. The second-order valence-electron chi connectivity index (χ2n) is 5.95. The molecule has 24 heavy (non-hydrogen) atoms. The third kappa shape index (κ3) is 3.56. The molecule has 0 aromatic heterocycles. The monoisotopic (exact) mass is 322 g/mol. The van der Waals surface area contributed by atoms with E-state index < -0.39 is 0 Å². The first kappa shape index (κ1) is 16.1. The van der Waals surface area contributed by atoms with Crippen LogP contribution in [-0.2, 0) is 0 Å². The van der Waals surface area contributed by atoms with Crippen LogP contribution in [0.25, 0.3) is 0 Å². The lowest BCUT2D eigenvalue weighted by atomic mass is 10.1. The van der Waals surface area contributed by atoms with Crippen molar-refractivity contribution in [3.8, 4) is 0 Å². The van der Waals surface area contributed by atoms with Gasteiger partial charge in [-0.1, -0.05) is 12.1 Å². The highest BCUT2D eigenvalue weighted by Gasteiger charge is 2.14. The molecule has 0 bridgehead atoms. The third-order valence-electron chi connectivity index (χ3n) is 3.97. The molecule has 1 aliphatic rings. The van der Waals surface area contributed by atoms with E-state index in [2.05, 4.69) is 15.6 Å². The molecule has 0 aliphatic carbocycles. The van der Waals surface area contributed by atoms with Crippen molar-refractivity contribution in [3.63, 3.8) is 0 Å². The van der Waals surface area contributed by atoms with E-state index in [0.29, 0.717) is 5.56 Å². The van der Waals surface area contributed by atoms with Crippen LogP contribution in [0, 0.1) is 0 Å². The molecule has 0 spiro atoms. The van der Waals surface area contributed by atoms with Crippen molar-refractivity contribution >= 4 is 23.1 Å². The van der Waals surface area contributed by atoms with Crippen molar-refractivity contribution in [2.24, 2.45) is 4.99 Å². The smallest absolute Gasteiger partial charge is 0.255 e. The number of carbonyl (C=O) groups is 1. The standard InChI is InChI=1S/C19H22N4O/c1-23(2)15-10-8-14(9-11-15)19(24)22-17-7-4-3-6-16(17)18-20-12-5-13-21-18/h3-4,6-11H,5,12-13H2,1-2H3,(H,20,21)(H,22,24). The molecule has 5 heteroatoms. The van der Waals surface area contributed by atoms with E-state index in [4.69, 9.17) is 0 Å². The molecular formula is C19H22N4O. The zero-order valence-electron chi connectivity index (χ0n) is 14.0. The number of carbonyl (C=O) groups excluding carboxylic acids is 1. The molecule has 0 saturated carbocycles. The predicted molar refractivity (Wildman–Crippen MR) is 99.2 cm³/mol. The zero-order valence-corrected chi connectivity index (χ0v) is 14.0. The van der Waals surface area contributed by atoms with E-state index in [-0.39, 0.29) is 5.91 Å². The van der Waals surface area contributed by atoms with Gasteiger partial charge in [0.25, 0.3) is 5.91 Å². The molecular weight excluding hydrogens is 300 g/mol. The number of anilines is 2. The minimum atomic E-state index is -0.121.